The molecule has 0 saturated carbocycles. The summed E-state index contributed by atoms with van der Waals surface area (Å²) >= 11 is 0. The molecule has 0 aliphatic rings. The van der Waals surface area contributed by atoms with Crippen molar-refractivity contribution in [1.82, 2.24) is 15.3 Å². The fourth-order valence-corrected chi connectivity index (χ4v) is 2.60. The minimum atomic E-state index is -0.171. The first-order valence-corrected chi connectivity index (χ1v) is 7.22. The van der Waals surface area contributed by atoms with E-state index in [1.807, 2.05) is 19.9 Å². The first-order chi connectivity index (χ1) is 11.0. The third kappa shape index (κ3) is 2.63. The molecule has 0 unspecified atom stereocenters. The lowest BCUT2D eigenvalue weighted by molar-refractivity contribution is 0.0962. The number of benzene rings is 1. The maximum absolute atomic E-state index is 12.2. The Balaban J connectivity index is 2.28. The van der Waals surface area contributed by atoms with Crippen LogP contribution in [-0.4, -0.2) is 22.9 Å². The number of carbonyl (C=O) groups excluding carboxylic acids is 1. The van der Waals surface area contributed by atoms with Crippen molar-refractivity contribution in [2.75, 3.05) is 7.05 Å². The van der Waals surface area contributed by atoms with Crippen molar-refractivity contribution >= 4 is 5.91 Å². The Morgan fingerprint density at radius 2 is 2.00 bits per heavy atom. The highest BCUT2D eigenvalue weighted by atomic mass is 16.4. The van der Waals surface area contributed by atoms with E-state index in [1.165, 1.54) is 6.26 Å². The Kier molecular flexibility index (Phi) is 3.73. The van der Waals surface area contributed by atoms with Gasteiger partial charge >= 0.3 is 0 Å². The number of carbonyl (C=O) groups is 1. The predicted molar refractivity (Wildman–Crippen MR) is 85.0 cm³/mol. The van der Waals surface area contributed by atoms with Gasteiger partial charge in [0.05, 0.1) is 6.20 Å². The molecule has 0 spiro atoms. The predicted octanol–water partition coefficient (Wildman–Crippen LogP) is 3.28. The summed E-state index contributed by atoms with van der Waals surface area (Å²) in [4.78, 5) is 20.8. The van der Waals surface area contributed by atoms with E-state index in [-0.39, 0.29) is 5.91 Å². The minimum absolute atomic E-state index is 0.171. The molecule has 2 aromatic heterocycles. The van der Waals surface area contributed by atoms with Crippen LogP contribution in [-0.2, 0) is 0 Å². The van der Waals surface area contributed by atoms with Crippen molar-refractivity contribution in [3.8, 4) is 22.7 Å². The second-order valence-electron chi connectivity index (χ2n) is 5.25. The molecule has 0 aliphatic heterocycles. The lowest BCUT2D eigenvalue weighted by Gasteiger charge is -2.11. The van der Waals surface area contributed by atoms with Gasteiger partial charge in [-0.2, -0.15) is 0 Å². The topological polar surface area (TPSA) is 81.2 Å². The summed E-state index contributed by atoms with van der Waals surface area (Å²) in [5.74, 6) is 1.57. The van der Waals surface area contributed by atoms with Crippen LogP contribution >= 0.6 is 0 Å². The monoisotopic (exact) mass is 311 g/mol. The molecule has 0 atom stereocenters. The van der Waals surface area contributed by atoms with Gasteiger partial charge in [0.1, 0.15) is 17.7 Å². The molecule has 1 N–H and O–H groups in total. The number of rotatable bonds is 3. The van der Waals surface area contributed by atoms with Gasteiger partial charge in [0.2, 0.25) is 5.89 Å². The van der Waals surface area contributed by atoms with E-state index in [0.29, 0.717) is 28.7 Å². The molecule has 0 radical (unpaired) electrons. The van der Waals surface area contributed by atoms with Gasteiger partial charge in [0.15, 0.2) is 5.89 Å². The maximum atomic E-state index is 12.2. The van der Waals surface area contributed by atoms with Crippen molar-refractivity contribution in [3.05, 3.63) is 47.4 Å². The number of hydrogen-bond acceptors (Lipinski definition) is 5. The largest absolute Gasteiger partial charge is 0.446 e. The number of amides is 1. The fourth-order valence-electron chi connectivity index (χ4n) is 2.60. The van der Waals surface area contributed by atoms with Crippen LogP contribution in [0.3, 0.4) is 0 Å². The van der Waals surface area contributed by atoms with Crippen molar-refractivity contribution in [2.45, 2.75) is 20.8 Å². The second-order valence-corrected chi connectivity index (χ2v) is 5.25. The summed E-state index contributed by atoms with van der Waals surface area (Å²) in [7, 11) is 1.60. The smallest absolute Gasteiger partial charge is 0.251 e. The van der Waals surface area contributed by atoms with Crippen molar-refractivity contribution in [1.29, 1.82) is 0 Å². The molecule has 2 heterocycles. The van der Waals surface area contributed by atoms with Crippen LogP contribution < -0.4 is 5.32 Å². The molecule has 0 bridgehead atoms. The summed E-state index contributed by atoms with van der Waals surface area (Å²) in [6.45, 7) is 5.54. The zero-order valence-electron chi connectivity index (χ0n) is 13.4. The molecule has 118 valence electrons. The van der Waals surface area contributed by atoms with Gasteiger partial charge in [-0.3, -0.25) is 4.79 Å². The Bertz CT molecular complexity index is 864. The molecule has 3 rings (SSSR count). The average molecular weight is 311 g/mol. The van der Waals surface area contributed by atoms with Crippen molar-refractivity contribution in [2.24, 2.45) is 0 Å². The zero-order chi connectivity index (χ0) is 16.6. The molecule has 0 fully saturated rings. The quantitative estimate of drug-likeness (QED) is 0.802. The standard InChI is InChI=1S/C17H17N3O3/c1-9-13(15-10(2)23-11(3)20-15)7-12(17-19-5-6-22-17)8-14(9)16(21)18-4/h5-8H,1-4H3,(H,18,21). The average Bonchev–Trinajstić information content (AvgIpc) is 3.16. The summed E-state index contributed by atoms with van der Waals surface area (Å²) < 4.78 is 10.9. The molecule has 1 aromatic carbocycles. The zero-order valence-corrected chi connectivity index (χ0v) is 13.4. The summed E-state index contributed by atoms with van der Waals surface area (Å²) in [6.07, 6.45) is 3.07. The minimum Gasteiger partial charge on any atom is -0.446 e. The van der Waals surface area contributed by atoms with Gasteiger partial charge in [0, 0.05) is 30.7 Å². The van der Waals surface area contributed by atoms with E-state index in [2.05, 4.69) is 15.3 Å². The lowest BCUT2D eigenvalue weighted by atomic mass is 9.95. The van der Waals surface area contributed by atoms with Crippen LogP contribution in [0.15, 0.2) is 33.4 Å². The number of nitrogens with one attached hydrogen (secondary N) is 1. The summed E-state index contributed by atoms with van der Waals surface area (Å²) in [5, 5.41) is 2.66. The van der Waals surface area contributed by atoms with Gasteiger partial charge in [0.25, 0.3) is 5.91 Å². The SMILES string of the molecule is CNC(=O)c1cc(-c2ncco2)cc(-c2nc(C)oc2C)c1C. The molecule has 0 aliphatic carbocycles. The number of aromatic nitrogens is 2. The van der Waals surface area contributed by atoms with Crippen LogP contribution in [0.2, 0.25) is 0 Å². The van der Waals surface area contributed by atoms with E-state index in [9.17, 15) is 4.79 Å². The lowest BCUT2D eigenvalue weighted by Crippen LogP contribution is -2.19. The van der Waals surface area contributed by atoms with Crippen molar-refractivity contribution in [3.63, 3.8) is 0 Å². The van der Waals surface area contributed by atoms with Crippen LogP contribution in [0, 0.1) is 20.8 Å². The van der Waals surface area contributed by atoms with Gasteiger partial charge in [-0.05, 0) is 31.5 Å². The summed E-state index contributed by atoms with van der Waals surface area (Å²) in [6, 6.07) is 3.68. The third-order valence-electron chi connectivity index (χ3n) is 3.72. The normalized spacial score (nSPS) is 10.8. The van der Waals surface area contributed by atoms with E-state index < -0.39 is 0 Å². The van der Waals surface area contributed by atoms with E-state index in [0.717, 1.165) is 16.8 Å². The Labute approximate surface area is 133 Å². The molecule has 23 heavy (non-hydrogen) atoms. The number of hydrogen-bond donors (Lipinski definition) is 1. The van der Waals surface area contributed by atoms with Gasteiger partial charge < -0.3 is 14.2 Å². The number of nitrogens with zero attached hydrogens (tertiary/aromatic N) is 2. The fraction of sp³-hybridized carbons (Fsp3) is 0.235. The first-order valence-electron chi connectivity index (χ1n) is 7.22. The van der Waals surface area contributed by atoms with Gasteiger partial charge in [-0.25, -0.2) is 9.97 Å². The molecule has 3 aromatic rings. The van der Waals surface area contributed by atoms with E-state index in [1.54, 1.807) is 26.2 Å². The first kappa shape index (κ1) is 15.0. The molecule has 1 amide bonds. The van der Waals surface area contributed by atoms with E-state index >= 15 is 0 Å². The molecule has 6 heteroatoms. The van der Waals surface area contributed by atoms with Gasteiger partial charge in [-0.15, -0.1) is 0 Å². The van der Waals surface area contributed by atoms with E-state index in [4.69, 9.17) is 8.83 Å². The Morgan fingerprint density at radius 3 is 2.57 bits per heavy atom. The maximum Gasteiger partial charge on any atom is 0.251 e. The number of aryl methyl sites for hydroxylation is 2. The molecular formula is C17H17N3O3. The van der Waals surface area contributed by atoms with Crippen LogP contribution in [0.5, 0.6) is 0 Å². The van der Waals surface area contributed by atoms with Crippen LogP contribution in [0.1, 0.15) is 27.6 Å². The van der Waals surface area contributed by atoms with Crippen LogP contribution in [0.4, 0.5) is 0 Å². The molecule has 0 saturated heterocycles. The highest BCUT2D eigenvalue weighted by molar-refractivity contribution is 5.98. The second kappa shape index (κ2) is 5.72. The third-order valence-corrected chi connectivity index (χ3v) is 3.72. The Hall–Kier alpha value is -2.89. The van der Waals surface area contributed by atoms with Crippen molar-refractivity contribution < 1.29 is 13.6 Å². The number of oxazole rings is 2. The Morgan fingerprint density at radius 1 is 1.22 bits per heavy atom. The highest BCUT2D eigenvalue weighted by Crippen LogP contribution is 2.33. The molecular weight excluding hydrogens is 294 g/mol. The van der Waals surface area contributed by atoms with Gasteiger partial charge in [-0.1, -0.05) is 0 Å². The summed E-state index contributed by atoms with van der Waals surface area (Å²) in [5.41, 5.74) is 3.65. The highest BCUT2D eigenvalue weighted by Gasteiger charge is 2.20. The molecule has 6 nitrogen and oxygen atoms in total. The van der Waals surface area contributed by atoms with Crippen LogP contribution in [0.25, 0.3) is 22.7 Å².